The van der Waals surface area contributed by atoms with E-state index in [1.54, 1.807) is 26.0 Å². The second-order valence-electron chi connectivity index (χ2n) is 7.11. The second-order valence-corrected chi connectivity index (χ2v) is 8.21. The van der Waals surface area contributed by atoms with E-state index in [9.17, 15) is 9.59 Å². The third-order valence-electron chi connectivity index (χ3n) is 5.41. The van der Waals surface area contributed by atoms with Crippen LogP contribution in [0.1, 0.15) is 35.3 Å². The fourth-order valence-electron chi connectivity index (χ4n) is 3.98. The van der Waals surface area contributed by atoms with Crippen LogP contribution in [0.15, 0.2) is 16.9 Å². The van der Waals surface area contributed by atoms with Gasteiger partial charge in [-0.2, -0.15) is 0 Å². The highest BCUT2D eigenvalue weighted by atomic mass is 32.2. The molecule has 1 aromatic carbocycles. The number of methoxy groups -OCH3 is 3. The Hall–Kier alpha value is -2.59. The Bertz CT molecular complexity index is 970. The Balaban J connectivity index is 1.84. The van der Waals surface area contributed by atoms with E-state index in [-0.39, 0.29) is 28.5 Å². The molecule has 4 rings (SSSR count). The Morgan fingerprint density at radius 3 is 2.33 bits per heavy atom. The van der Waals surface area contributed by atoms with Crippen LogP contribution in [0, 0.1) is 0 Å². The molecule has 2 N–H and O–H groups in total. The molecule has 0 radical (unpaired) electrons. The minimum Gasteiger partial charge on any atom is -0.493 e. The van der Waals surface area contributed by atoms with Gasteiger partial charge < -0.3 is 24.3 Å². The molecule has 9 nitrogen and oxygen atoms in total. The molecular weight excluding hydrogens is 410 g/mol. The van der Waals surface area contributed by atoms with E-state index in [1.165, 1.54) is 11.8 Å². The van der Waals surface area contributed by atoms with E-state index in [0.29, 0.717) is 41.8 Å². The molecule has 1 amide bonds. The molecule has 0 aliphatic carbocycles. The first-order valence-corrected chi connectivity index (χ1v) is 10.8. The maximum atomic E-state index is 13.0. The van der Waals surface area contributed by atoms with Gasteiger partial charge in [-0.1, -0.05) is 0 Å². The lowest BCUT2D eigenvalue weighted by Crippen LogP contribution is -2.24. The normalized spacial score (nSPS) is 19.6. The number of amides is 1. The van der Waals surface area contributed by atoms with E-state index in [0.717, 1.165) is 18.4 Å². The summed E-state index contributed by atoms with van der Waals surface area (Å²) in [5, 5.41) is 5.50. The molecule has 0 unspecified atom stereocenters. The molecule has 10 heteroatoms. The molecule has 1 atom stereocenters. The van der Waals surface area contributed by atoms with Crippen LogP contribution in [0.4, 0.5) is 5.82 Å². The number of nitrogens with zero attached hydrogens (tertiary/aromatic N) is 1. The van der Waals surface area contributed by atoms with Crippen molar-refractivity contribution >= 4 is 23.5 Å². The average molecular weight is 436 g/mol. The van der Waals surface area contributed by atoms with E-state index in [4.69, 9.17) is 18.9 Å². The summed E-state index contributed by atoms with van der Waals surface area (Å²) in [5.74, 6) is 2.08. The van der Waals surface area contributed by atoms with Gasteiger partial charge in [0.25, 0.3) is 5.56 Å². The van der Waals surface area contributed by atoms with Gasteiger partial charge in [-0.25, -0.2) is 0 Å². The van der Waals surface area contributed by atoms with Crippen LogP contribution >= 0.6 is 11.8 Å². The Kier molecular flexibility index (Phi) is 5.96. The second kappa shape index (κ2) is 8.65. The zero-order valence-corrected chi connectivity index (χ0v) is 18.0. The van der Waals surface area contributed by atoms with Gasteiger partial charge in [0.05, 0.1) is 43.9 Å². The number of hydrogen-bond acceptors (Lipinski definition) is 7. The fraction of sp³-hybridized carbons (Fsp3) is 0.500. The monoisotopic (exact) mass is 435 g/mol. The molecule has 30 heavy (non-hydrogen) atoms. The highest BCUT2D eigenvalue weighted by molar-refractivity contribution is 8.00. The lowest BCUT2D eigenvalue weighted by molar-refractivity contribution is -0.113. The van der Waals surface area contributed by atoms with Crippen LogP contribution in [0.5, 0.6) is 17.2 Å². The van der Waals surface area contributed by atoms with Gasteiger partial charge in [-0.3, -0.25) is 19.4 Å². The average Bonchev–Trinajstić information content (AvgIpc) is 2.98. The molecule has 3 heterocycles. The highest BCUT2D eigenvalue weighted by Crippen LogP contribution is 2.46. The molecule has 2 aromatic rings. The lowest BCUT2D eigenvalue weighted by atomic mass is 10.0. The van der Waals surface area contributed by atoms with Gasteiger partial charge in [0.15, 0.2) is 11.5 Å². The maximum Gasteiger partial charge on any atom is 0.270 e. The number of anilines is 1. The zero-order chi connectivity index (χ0) is 21.3. The molecular formula is C20H25N3O6S. The Morgan fingerprint density at radius 1 is 1.07 bits per heavy atom. The van der Waals surface area contributed by atoms with Crippen LogP contribution in [0.2, 0.25) is 0 Å². The van der Waals surface area contributed by atoms with Crippen LogP contribution in [-0.2, 0) is 9.53 Å². The molecule has 1 fully saturated rings. The summed E-state index contributed by atoms with van der Waals surface area (Å²) in [6, 6.07) is 3.72. The third-order valence-corrected chi connectivity index (χ3v) is 6.68. The number of rotatable bonds is 5. The number of hydrogen-bond donors (Lipinski definition) is 2. The predicted molar refractivity (Wildman–Crippen MR) is 113 cm³/mol. The summed E-state index contributed by atoms with van der Waals surface area (Å²) in [4.78, 5) is 25.5. The van der Waals surface area contributed by atoms with E-state index >= 15 is 0 Å². The minimum absolute atomic E-state index is 0.0687. The van der Waals surface area contributed by atoms with Crippen molar-refractivity contribution in [2.24, 2.45) is 0 Å². The van der Waals surface area contributed by atoms with Crippen molar-refractivity contribution in [3.05, 3.63) is 33.6 Å². The van der Waals surface area contributed by atoms with Crippen molar-refractivity contribution in [3.63, 3.8) is 0 Å². The summed E-state index contributed by atoms with van der Waals surface area (Å²) < 4.78 is 23.6. The summed E-state index contributed by atoms with van der Waals surface area (Å²) >= 11 is 1.39. The summed E-state index contributed by atoms with van der Waals surface area (Å²) in [6.07, 6.45) is 1.55. The van der Waals surface area contributed by atoms with Crippen molar-refractivity contribution in [3.8, 4) is 17.2 Å². The molecule has 2 aliphatic heterocycles. The van der Waals surface area contributed by atoms with Crippen molar-refractivity contribution in [1.29, 1.82) is 0 Å². The van der Waals surface area contributed by atoms with Gasteiger partial charge in [0.1, 0.15) is 5.82 Å². The Labute approximate surface area is 178 Å². The highest BCUT2D eigenvalue weighted by Gasteiger charge is 2.33. The molecule has 0 spiro atoms. The summed E-state index contributed by atoms with van der Waals surface area (Å²) in [5.41, 5.74) is 1.10. The largest absolute Gasteiger partial charge is 0.493 e. The fourth-order valence-corrected chi connectivity index (χ4v) is 5.08. The number of carbonyl (C=O) groups excluding carboxylic acids is 1. The number of nitrogens with one attached hydrogen (secondary N) is 2. The van der Waals surface area contributed by atoms with Crippen LogP contribution in [-0.4, -0.2) is 56.0 Å². The van der Waals surface area contributed by atoms with Crippen LogP contribution in [0.25, 0.3) is 0 Å². The van der Waals surface area contributed by atoms with Crippen molar-refractivity contribution in [2.45, 2.75) is 24.1 Å². The van der Waals surface area contributed by atoms with Crippen LogP contribution in [0.3, 0.4) is 0 Å². The SMILES string of the molecule is COc1cc([C@@H]2SCC(=O)Nc3c2c(=O)[nH]n3C2CCOCC2)cc(OC)c1OC. The van der Waals surface area contributed by atoms with E-state index in [1.807, 2.05) is 12.1 Å². The number of ether oxygens (including phenoxy) is 4. The Morgan fingerprint density at radius 2 is 1.73 bits per heavy atom. The van der Waals surface area contributed by atoms with Crippen molar-refractivity contribution in [2.75, 3.05) is 45.6 Å². The maximum absolute atomic E-state index is 13.0. The number of fused-ring (bicyclic) bond motifs is 1. The first kappa shape index (κ1) is 20.7. The van der Waals surface area contributed by atoms with E-state index < -0.39 is 0 Å². The number of H-pyrrole nitrogens is 1. The summed E-state index contributed by atoms with van der Waals surface area (Å²) in [7, 11) is 4.64. The number of thioether (sulfide) groups is 1. The summed E-state index contributed by atoms with van der Waals surface area (Å²) in [6.45, 7) is 1.25. The molecule has 0 bridgehead atoms. The first-order chi connectivity index (χ1) is 14.6. The predicted octanol–water partition coefficient (Wildman–Crippen LogP) is 2.33. The molecule has 162 valence electrons. The number of carbonyl (C=O) groups is 1. The van der Waals surface area contributed by atoms with Crippen LogP contribution < -0.4 is 25.1 Å². The standard InChI is InChI=1S/C20H25N3O6S/c1-26-13-8-11(9-14(27-2)17(13)28-3)18-16-19(21-15(24)10-30-18)23(22-20(16)25)12-4-6-29-7-5-12/h8-9,12,18H,4-7,10H2,1-3H3,(H,21,24)(H,22,25)/t18-/m0/s1. The molecule has 1 saturated heterocycles. The first-order valence-electron chi connectivity index (χ1n) is 9.70. The zero-order valence-electron chi connectivity index (χ0n) is 17.1. The van der Waals surface area contributed by atoms with Gasteiger partial charge in [0.2, 0.25) is 11.7 Å². The minimum atomic E-state index is -0.377. The molecule has 0 saturated carbocycles. The lowest BCUT2D eigenvalue weighted by Gasteiger charge is -2.25. The molecule has 2 aliphatic rings. The van der Waals surface area contributed by atoms with E-state index in [2.05, 4.69) is 10.4 Å². The topological polar surface area (TPSA) is 104 Å². The van der Waals surface area contributed by atoms with Gasteiger partial charge in [-0.15, -0.1) is 11.8 Å². The number of aromatic amines is 1. The van der Waals surface area contributed by atoms with Gasteiger partial charge in [-0.05, 0) is 30.5 Å². The van der Waals surface area contributed by atoms with Gasteiger partial charge in [0, 0.05) is 13.2 Å². The van der Waals surface area contributed by atoms with Gasteiger partial charge >= 0.3 is 0 Å². The molecule has 1 aromatic heterocycles. The van der Waals surface area contributed by atoms with Crippen molar-refractivity contribution < 1.29 is 23.7 Å². The number of aromatic nitrogens is 2. The van der Waals surface area contributed by atoms with Crippen molar-refractivity contribution in [1.82, 2.24) is 9.78 Å². The third kappa shape index (κ3) is 3.65. The smallest absolute Gasteiger partial charge is 0.270 e. The quantitative estimate of drug-likeness (QED) is 0.743. The number of benzene rings is 1.